The largest absolute Gasteiger partial charge is 0.397 e. The maximum atomic E-state index is 6.14. The zero-order chi connectivity index (χ0) is 101. The van der Waals surface area contributed by atoms with Gasteiger partial charge in [-0.1, -0.05) is 6.42 Å². The standard InChI is InChI=1S/C29H58N8.C27H54N8.C26H49N9.C23H34N8O2/c1-23(2)36(24(3)4)15-9-11-31-13-17-34-19-20-35(29-28(34)21-27(30)22-33-29)18-14-32-12-10-16-37(25(5)6)26(7)8;1-21(2)34(22(3)4)15-11-29-9-13-32-17-18-33(27-26(32)19-25(28)20-31-27)14-10-30-12-16-35(23(5)6)24(7)8;1-30-12-16-32(17-13-30)8-4-3-5-9-34-20-21-35(26-25(34)22-24(27)23-29-26)11-7-28-6-10-33-18-14-31(2)15-19-33;24-21-17-22-23(27-18-21)31(12-16-33-14-2-6-29-8-4-26-20-29)10-9-30(22)11-15-32-13-1-5-28-7-3-25-19-28/h21-26,31-32H,9-20,30H2,1-8H3;19-24,29-30H,9-18,28H2,1-8H3;22-23,28H,3-21,27H2,1-2H3;3-4,7-8,17-20H,1-2,5-6,9-16,24H2. The van der Waals surface area contributed by atoms with Gasteiger partial charge in [-0.25, -0.2) is 29.9 Å². The third kappa shape index (κ3) is 40.9. The van der Waals surface area contributed by atoms with Crippen LogP contribution in [-0.4, -0.2) is 429 Å². The van der Waals surface area contributed by atoms with Gasteiger partial charge in [0.2, 0.25) is 0 Å². The molecule has 13 N–H and O–H groups in total. The second kappa shape index (κ2) is 64.0. The van der Waals surface area contributed by atoms with Gasteiger partial charge in [0.1, 0.15) is 0 Å². The molecule has 6 aliphatic heterocycles. The van der Waals surface area contributed by atoms with Crippen molar-refractivity contribution >= 4 is 68.8 Å². The third-order valence-corrected chi connectivity index (χ3v) is 28.1. The van der Waals surface area contributed by atoms with E-state index in [0.29, 0.717) is 67.2 Å². The Balaban J connectivity index is 0.000000209. The van der Waals surface area contributed by atoms with Crippen LogP contribution in [0, 0.1) is 0 Å². The molecule has 6 aliphatic rings. The Kier molecular flexibility index (Phi) is 52.9. The number of nitrogens with zero attached hydrogens (tertiary/aromatic N) is 24. The highest BCUT2D eigenvalue weighted by molar-refractivity contribution is 5.76. The number of nitrogen functional groups attached to an aromatic ring is 4. The maximum Gasteiger partial charge on any atom is 0.152 e. The summed E-state index contributed by atoms with van der Waals surface area (Å²) in [5, 5.41) is 18.2. The minimum atomic E-state index is 0.574. The lowest BCUT2D eigenvalue weighted by molar-refractivity contribution is 0.132. The molecule has 0 atom stereocenters. The average Bonchev–Trinajstić information content (AvgIpc) is 1.21. The molecule has 6 aromatic heterocycles. The number of anilines is 12. The lowest BCUT2D eigenvalue weighted by Crippen LogP contribution is -2.47. The Morgan fingerprint density at radius 1 is 0.279 bits per heavy atom. The van der Waals surface area contributed by atoms with Crippen LogP contribution in [0.4, 0.5) is 68.8 Å². The van der Waals surface area contributed by atoms with E-state index in [4.69, 9.17) is 47.4 Å². The predicted octanol–water partition coefficient (Wildman–Crippen LogP) is 8.64. The van der Waals surface area contributed by atoms with Crippen LogP contribution < -0.4 is 88.7 Å². The van der Waals surface area contributed by atoms with Crippen LogP contribution in [0.3, 0.4) is 0 Å². The topological polar surface area (TPSA) is 322 Å². The van der Waals surface area contributed by atoms with Crippen molar-refractivity contribution in [2.75, 3.05) is 364 Å². The van der Waals surface area contributed by atoms with Crippen molar-refractivity contribution in [2.45, 2.75) is 217 Å². The molecule has 0 radical (unpaired) electrons. The van der Waals surface area contributed by atoms with E-state index in [1.807, 2.05) is 37.3 Å². The third-order valence-electron chi connectivity index (χ3n) is 28.1. The molecule has 0 amide bonds. The van der Waals surface area contributed by atoms with Crippen molar-refractivity contribution in [1.29, 1.82) is 0 Å². The fraction of sp³-hybridized carbons (Fsp3) is 0.752. The Bertz CT molecular complexity index is 4170. The first-order valence-electron chi connectivity index (χ1n) is 54.1. The first-order chi connectivity index (χ1) is 67.6. The van der Waals surface area contributed by atoms with Crippen LogP contribution in [0.5, 0.6) is 0 Å². The molecular weight excluding hydrogens is 1760 g/mol. The van der Waals surface area contributed by atoms with E-state index in [0.717, 1.165) is 294 Å². The molecule has 0 aromatic carbocycles. The summed E-state index contributed by atoms with van der Waals surface area (Å²) in [5.74, 6) is 4.20. The molecule has 0 bridgehead atoms. The highest BCUT2D eigenvalue weighted by atomic mass is 16.5. The van der Waals surface area contributed by atoms with Gasteiger partial charge in [0.15, 0.2) is 23.3 Å². The van der Waals surface area contributed by atoms with Gasteiger partial charge in [-0.05, 0) is 220 Å². The summed E-state index contributed by atoms with van der Waals surface area (Å²) in [6.07, 6.45) is 26.4. The second-order valence-electron chi connectivity index (χ2n) is 41.4. The number of piperazine rings is 2. The summed E-state index contributed by atoms with van der Waals surface area (Å²) in [5.41, 5.74) is 32.0. The van der Waals surface area contributed by atoms with Gasteiger partial charge in [-0.3, -0.25) is 24.5 Å². The summed E-state index contributed by atoms with van der Waals surface area (Å²) in [6.45, 7) is 83.1. The van der Waals surface area contributed by atoms with Crippen LogP contribution in [0.15, 0.2) is 86.5 Å². The molecule has 12 heterocycles. The van der Waals surface area contributed by atoms with E-state index in [1.165, 1.54) is 102 Å². The van der Waals surface area contributed by atoms with Gasteiger partial charge >= 0.3 is 0 Å². The van der Waals surface area contributed by atoms with Gasteiger partial charge in [-0.15, -0.1) is 0 Å². The normalized spacial score (nSPS) is 15.8. The number of pyridine rings is 4. The van der Waals surface area contributed by atoms with Crippen molar-refractivity contribution in [3.05, 3.63) is 86.5 Å². The van der Waals surface area contributed by atoms with Gasteiger partial charge in [0, 0.05) is 328 Å². The van der Waals surface area contributed by atoms with Crippen LogP contribution in [0.1, 0.15) is 156 Å². The van der Waals surface area contributed by atoms with Crippen molar-refractivity contribution in [3.8, 4) is 0 Å². The first-order valence-corrected chi connectivity index (χ1v) is 54.1. The summed E-state index contributed by atoms with van der Waals surface area (Å²) in [7, 11) is 4.44. The Hall–Kier alpha value is -7.98. The number of nitrogens with one attached hydrogen (secondary N) is 5. The molecule has 792 valence electrons. The summed E-state index contributed by atoms with van der Waals surface area (Å²) in [6, 6.07) is 13.0. The van der Waals surface area contributed by atoms with Crippen molar-refractivity contribution in [2.24, 2.45) is 0 Å². The van der Waals surface area contributed by atoms with Crippen molar-refractivity contribution < 1.29 is 9.47 Å². The lowest BCUT2D eigenvalue weighted by atomic mass is 10.1. The van der Waals surface area contributed by atoms with Crippen LogP contribution in [0.2, 0.25) is 0 Å². The van der Waals surface area contributed by atoms with E-state index < -0.39 is 0 Å². The Morgan fingerprint density at radius 3 is 0.900 bits per heavy atom. The molecule has 0 spiro atoms. The zero-order valence-corrected chi connectivity index (χ0v) is 90.5. The van der Waals surface area contributed by atoms with E-state index in [9.17, 15) is 0 Å². The maximum absolute atomic E-state index is 6.14. The smallest absolute Gasteiger partial charge is 0.152 e. The summed E-state index contributed by atoms with van der Waals surface area (Å²) < 4.78 is 15.9. The molecule has 0 aliphatic carbocycles. The van der Waals surface area contributed by atoms with Crippen molar-refractivity contribution in [3.63, 3.8) is 0 Å². The van der Waals surface area contributed by atoms with Gasteiger partial charge < -0.3 is 122 Å². The average molecular weight is 1950 g/mol. The van der Waals surface area contributed by atoms with E-state index >= 15 is 0 Å². The minimum Gasteiger partial charge on any atom is -0.397 e. The Morgan fingerprint density at radius 2 is 0.557 bits per heavy atom. The fourth-order valence-electron chi connectivity index (χ4n) is 20.0. The van der Waals surface area contributed by atoms with Crippen LogP contribution >= 0.6 is 0 Å². The molecule has 0 saturated carbocycles. The minimum absolute atomic E-state index is 0.574. The summed E-state index contributed by atoms with van der Waals surface area (Å²) in [4.78, 5) is 66.4. The van der Waals surface area contributed by atoms with E-state index in [1.54, 1.807) is 31.0 Å². The number of fused-ring (bicyclic) bond motifs is 4. The molecular formula is C105H195N33O2. The second-order valence-corrected chi connectivity index (χ2v) is 41.4. The Labute approximate surface area is 846 Å². The predicted molar refractivity (Wildman–Crippen MR) is 591 cm³/mol. The van der Waals surface area contributed by atoms with E-state index in [-0.39, 0.29) is 0 Å². The SMILES string of the molecule is CC(C)N(CCCNCCN1CCN(CCNCCCN(C(C)C)C(C)C)c2ncc(N)cc21)C(C)C.CC(C)N(CCNCCN1CCN(CCNCCN(C(C)C)C(C)C)c2ncc(N)cc21)C(C)C.CN1CCN(CCCCCN2CCN(CCNCCN3CCN(C)CC3)c3ncc(N)cc32)CC1.Nc1cnc2c(c1)N(CCOCCCn1ccnc1)CCN2CCOCCCn1ccnc1. The fourth-order valence-corrected chi connectivity index (χ4v) is 20.0. The number of aryl methyl sites for hydroxylation is 2. The number of ether oxygens (including phenoxy) is 2. The van der Waals surface area contributed by atoms with Crippen LogP contribution in [-0.2, 0) is 22.6 Å². The molecule has 2 saturated heterocycles. The molecule has 0 unspecified atom stereocenters. The number of aromatic nitrogens is 8. The number of rotatable bonds is 60. The van der Waals surface area contributed by atoms with E-state index in [2.05, 4.69) is 272 Å². The van der Waals surface area contributed by atoms with Gasteiger partial charge in [-0.2, -0.15) is 0 Å². The molecule has 35 nitrogen and oxygen atoms in total. The number of hydrogen-bond donors (Lipinski definition) is 9. The number of hydrogen-bond acceptors (Lipinski definition) is 33. The monoisotopic (exact) mass is 1950 g/mol. The number of nitrogens with two attached hydrogens (primary N) is 4. The first kappa shape index (κ1) is 116. The number of imidazole rings is 2. The quantitative estimate of drug-likeness (QED) is 0.0161. The highest BCUT2D eigenvalue weighted by Gasteiger charge is 2.31. The summed E-state index contributed by atoms with van der Waals surface area (Å²) >= 11 is 0. The lowest BCUT2D eigenvalue weighted by Gasteiger charge is -2.38. The zero-order valence-electron chi connectivity index (χ0n) is 90.5. The number of likely N-dealkylation sites (N-methyl/N-ethyl adjacent to an activating group) is 2. The molecule has 6 aromatic rings. The molecule has 35 heteroatoms. The number of unbranched alkanes of at least 4 members (excludes halogenated alkanes) is 2. The molecule has 12 rings (SSSR count). The molecule has 140 heavy (non-hydrogen) atoms. The molecule has 2 fully saturated rings. The highest BCUT2D eigenvalue weighted by Crippen LogP contribution is 2.37. The van der Waals surface area contributed by atoms with Crippen LogP contribution in [0.25, 0.3) is 0 Å². The van der Waals surface area contributed by atoms with Gasteiger partial charge in [0.25, 0.3) is 0 Å². The van der Waals surface area contributed by atoms with Crippen molar-refractivity contribution in [1.82, 2.24) is 105 Å². The van der Waals surface area contributed by atoms with Gasteiger partial charge in [0.05, 0.1) is 96.2 Å².